The summed E-state index contributed by atoms with van der Waals surface area (Å²) in [5.74, 6) is 0. The van der Waals surface area contributed by atoms with Gasteiger partial charge in [0, 0.05) is 22.4 Å². The van der Waals surface area contributed by atoms with Crippen LogP contribution in [0.3, 0.4) is 0 Å². The van der Waals surface area contributed by atoms with Crippen LogP contribution in [0.25, 0.3) is 21.7 Å². The number of rotatable bonds is 3. The van der Waals surface area contributed by atoms with Crippen LogP contribution in [-0.4, -0.2) is 25.5 Å². The first-order chi connectivity index (χ1) is 15.5. The molecule has 156 valence electrons. The number of hydrogen-bond acceptors (Lipinski definition) is 7. The molecule has 1 aromatic carbocycles. The molecule has 3 aromatic rings. The third-order valence-electron chi connectivity index (χ3n) is 4.38. The smallest absolute Gasteiger partial charge is 0.332 e. The molecule has 0 saturated heterocycles. The zero-order chi connectivity index (χ0) is 22.7. The Morgan fingerprint density at radius 2 is 1.91 bits per heavy atom. The van der Waals surface area contributed by atoms with E-state index < -0.39 is 17.2 Å². The van der Waals surface area contributed by atoms with E-state index in [4.69, 9.17) is 0 Å². The Morgan fingerprint density at radius 1 is 1.12 bits per heavy atom. The predicted octanol–water partition coefficient (Wildman–Crippen LogP) is 4.46. The van der Waals surface area contributed by atoms with Crippen LogP contribution in [0.1, 0.15) is 17.0 Å². The van der Waals surface area contributed by atoms with E-state index in [-0.39, 0.29) is 5.69 Å². The van der Waals surface area contributed by atoms with Crippen molar-refractivity contribution in [3.63, 3.8) is 0 Å². The molecule has 2 aromatic heterocycles. The van der Waals surface area contributed by atoms with Crippen molar-refractivity contribution in [2.75, 3.05) is 5.32 Å². The van der Waals surface area contributed by atoms with Crippen LogP contribution in [0.4, 0.5) is 9.93 Å². The van der Waals surface area contributed by atoms with Gasteiger partial charge in [-0.1, -0.05) is 23.5 Å². The molecule has 1 aliphatic rings. The summed E-state index contributed by atoms with van der Waals surface area (Å²) in [5, 5.41) is 24.5. The van der Waals surface area contributed by atoms with Crippen LogP contribution in [0.5, 0.6) is 0 Å². The van der Waals surface area contributed by atoms with Gasteiger partial charge in [-0.15, -0.1) is 0 Å². The molecule has 0 atom stereocenters. The number of hydrogen-bond donors (Lipinski definition) is 1. The fraction of sp³-hybridized carbons (Fsp3) is 0.0455. The highest BCUT2D eigenvalue weighted by molar-refractivity contribution is 7.97. The summed E-state index contributed by atoms with van der Waals surface area (Å²) in [4.78, 5) is 23.4. The summed E-state index contributed by atoms with van der Waals surface area (Å²) in [5.41, 5.74) is 3.43. The maximum atomic E-state index is 12.6. The molecule has 2 amide bonds. The van der Waals surface area contributed by atoms with Gasteiger partial charge in [0.2, 0.25) is 0 Å². The van der Waals surface area contributed by atoms with Gasteiger partial charge in [0.05, 0.1) is 34.6 Å². The molecule has 1 aliphatic heterocycles. The summed E-state index contributed by atoms with van der Waals surface area (Å²) in [7, 11) is 0. The Hall–Kier alpha value is -3.96. The number of urea groups is 1. The number of nitriles is 2. The number of pyridine rings is 1. The summed E-state index contributed by atoms with van der Waals surface area (Å²) >= 11 is 0.00711. The lowest BCUT2D eigenvalue weighted by Crippen LogP contribution is -2.27. The number of anilines is 1. The van der Waals surface area contributed by atoms with Crippen LogP contribution < -0.4 is 5.32 Å². The SMILES string of the molecule is Cc1cc(-c2sc(NC(=O)N3C=C[S+]([O-])C=C3)nc2-c2cccc(C#N)c2)cc(C#N)n1. The van der Waals surface area contributed by atoms with Crippen molar-refractivity contribution in [1.29, 1.82) is 10.5 Å². The van der Waals surface area contributed by atoms with E-state index in [0.29, 0.717) is 27.6 Å². The van der Waals surface area contributed by atoms with Crippen molar-refractivity contribution in [3.05, 3.63) is 76.6 Å². The molecule has 3 heterocycles. The zero-order valence-electron chi connectivity index (χ0n) is 16.6. The first kappa shape index (κ1) is 21.3. The number of benzene rings is 1. The van der Waals surface area contributed by atoms with Gasteiger partial charge in [-0.25, -0.2) is 14.8 Å². The lowest BCUT2D eigenvalue weighted by Gasteiger charge is -2.15. The molecular formula is C22H14N6O2S2. The van der Waals surface area contributed by atoms with Gasteiger partial charge in [-0.2, -0.15) is 10.5 Å². The molecule has 0 spiro atoms. The minimum absolute atomic E-state index is 0.271. The molecule has 0 unspecified atom stereocenters. The zero-order valence-corrected chi connectivity index (χ0v) is 18.3. The van der Waals surface area contributed by atoms with Gasteiger partial charge < -0.3 is 4.55 Å². The van der Waals surface area contributed by atoms with Crippen LogP contribution in [0, 0.1) is 29.6 Å². The number of amides is 2. The number of carbonyl (C=O) groups excluding carboxylic acids is 1. The Bertz CT molecular complexity index is 1340. The van der Waals surface area contributed by atoms with Gasteiger partial charge in [0.1, 0.15) is 22.6 Å². The van der Waals surface area contributed by atoms with Crippen molar-refractivity contribution in [1.82, 2.24) is 14.9 Å². The Kier molecular flexibility index (Phi) is 6.01. The summed E-state index contributed by atoms with van der Waals surface area (Å²) < 4.78 is 11.4. The minimum atomic E-state index is -1.24. The van der Waals surface area contributed by atoms with Crippen molar-refractivity contribution >= 4 is 33.7 Å². The van der Waals surface area contributed by atoms with E-state index in [1.54, 1.807) is 31.2 Å². The van der Waals surface area contributed by atoms with Crippen LogP contribution in [-0.2, 0) is 11.2 Å². The highest BCUT2D eigenvalue weighted by atomic mass is 32.2. The second-order valence-corrected chi connectivity index (χ2v) is 8.82. The van der Waals surface area contributed by atoms with Crippen molar-refractivity contribution in [3.8, 4) is 33.8 Å². The van der Waals surface area contributed by atoms with Crippen molar-refractivity contribution in [2.45, 2.75) is 6.92 Å². The molecule has 10 heteroatoms. The topological polar surface area (TPSA) is 129 Å². The predicted molar refractivity (Wildman–Crippen MR) is 122 cm³/mol. The molecule has 32 heavy (non-hydrogen) atoms. The van der Waals surface area contributed by atoms with Gasteiger partial charge >= 0.3 is 6.03 Å². The first-order valence-electron chi connectivity index (χ1n) is 9.22. The molecule has 1 N–H and O–H groups in total. The van der Waals surface area contributed by atoms with E-state index in [9.17, 15) is 19.9 Å². The van der Waals surface area contributed by atoms with Gasteiger partial charge in [0.15, 0.2) is 5.13 Å². The van der Waals surface area contributed by atoms with Gasteiger partial charge in [0.25, 0.3) is 0 Å². The number of thiazole rings is 1. The number of carbonyl (C=O) groups is 1. The lowest BCUT2D eigenvalue weighted by molar-refractivity contribution is 0.239. The monoisotopic (exact) mass is 458 g/mol. The second-order valence-electron chi connectivity index (χ2n) is 6.62. The normalized spacial score (nSPS) is 12.9. The van der Waals surface area contributed by atoms with Gasteiger partial charge in [-0.3, -0.25) is 10.2 Å². The standard InChI is InChI=1S/C22H14N6O2S2/c1-14-9-17(11-18(13-24)25-14)20-19(16-4-2-3-15(10-16)12-23)26-21(31-20)27-22(29)28-5-7-32(30)8-6-28/h2-11H,1H3,(H,26,27,29). The second kappa shape index (κ2) is 9.04. The van der Waals surface area contributed by atoms with Crippen molar-refractivity contribution in [2.24, 2.45) is 0 Å². The average Bonchev–Trinajstić information content (AvgIpc) is 3.23. The third-order valence-corrected chi connectivity index (χ3v) is 6.18. The first-order valence-corrected chi connectivity index (χ1v) is 11.3. The number of nitrogens with one attached hydrogen (secondary N) is 1. The van der Waals surface area contributed by atoms with Gasteiger partial charge in [-0.05, 0) is 36.8 Å². The summed E-state index contributed by atoms with van der Waals surface area (Å²) in [6.07, 6.45) is 2.84. The quantitative estimate of drug-likeness (QED) is 0.577. The molecule has 0 aliphatic carbocycles. The lowest BCUT2D eigenvalue weighted by atomic mass is 10.0. The maximum Gasteiger partial charge on any atom is 0.332 e. The largest absolute Gasteiger partial charge is 0.607 e. The molecule has 0 bridgehead atoms. The molecule has 0 saturated carbocycles. The van der Waals surface area contributed by atoms with E-state index >= 15 is 0 Å². The van der Waals surface area contributed by atoms with Crippen LogP contribution >= 0.6 is 11.3 Å². The van der Waals surface area contributed by atoms with E-state index in [0.717, 1.165) is 10.4 Å². The molecule has 0 radical (unpaired) electrons. The summed E-state index contributed by atoms with van der Waals surface area (Å²) in [6, 6.07) is 14.2. The number of aryl methyl sites for hydroxylation is 1. The molecule has 8 nitrogen and oxygen atoms in total. The van der Waals surface area contributed by atoms with Crippen LogP contribution in [0.15, 0.2) is 59.6 Å². The molecule has 4 rings (SSSR count). The van der Waals surface area contributed by atoms with Crippen LogP contribution in [0.2, 0.25) is 0 Å². The number of nitrogens with zero attached hydrogens (tertiary/aromatic N) is 5. The Balaban J connectivity index is 1.77. The highest BCUT2D eigenvalue weighted by Gasteiger charge is 2.20. The van der Waals surface area contributed by atoms with E-state index in [2.05, 4.69) is 27.4 Å². The minimum Gasteiger partial charge on any atom is -0.607 e. The Morgan fingerprint density at radius 3 is 2.62 bits per heavy atom. The van der Waals surface area contributed by atoms with E-state index in [1.165, 1.54) is 39.5 Å². The van der Waals surface area contributed by atoms with Crippen molar-refractivity contribution < 1.29 is 9.35 Å². The summed E-state index contributed by atoms with van der Waals surface area (Å²) in [6.45, 7) is 1.79. The average molecular weight is 459 g/mol. The maximum absolute atomic E-state index is 12.6. The fourth-order valence-corrected chi connectivity index (χ4v) is 4.55. The Labute approximate surface area is 191 Å². The molecular weight excluding hydrogens is 444 g/mol. The number of aromatic nitrogens is 2. The fourth-order valence-electron chi connectivity index (χ4n) is 3.00. The van der Waals surface area contributed by atoms with E-state index in [1.807, 2.05) is 12.1 Å². The highest BCUT2D eigenvalue weighted by Crippen LogP contribution is 2.39. The third kappa shape index (κ3) is 4.53. The molecule has 0 fully saturated rings.